The first-order valence-corrected chi connectivity index (χ1v) is 10.2. The second kappa shape index (κ2) is 7.63. The summed E-state index contributed by atoms with van der Waals surface area (Å²) in [4.78, 5) is 11.8. The van der Waals surface area contributed by atoms with Gasteiger partial charge in [0, 0.05) is 6.42 Å². The zero-order valence-electron chi connectivity index (χ0n) is 16.3. The van der Waals surface area contributed by atoms with E-state index in [1.54, 1.807) is 0 Å². The fraction of sp³-hybridized carbons (Fsp3) is 0.682. The van der Waals surface area contributed by atoms with E-state index >= 15 is 0 Å². The molecule has 4 nitrogen and oxygen atoms in total. The second-order valence-corrected chi connectivity index (χ2v) is 9.30. The van der Waals surface area contributed by atoms with Gasteiger partial charge in [0.1, 0.15) is 5.75 Å². The van der Waals surface area contributed by atoms with E-state index < -0.39 is 0 Å². The topological polar surface area (TPSA) is 78.3 Å². The first-order valence-electron chi connectivity index (χ1n) is 10.2. The summed E-state index contributed by atoms with van der Waals surface area (Å²) in [5, 5.41) is 0. The third kappa shape index (κ3) is 3.71. The van der Waals surface area contributed by atoms with E-state index in [4.69, 9.17) is 16.2 Å². The highest BCUT2D eigenvalue weighted by Crippen LogP contribution is 2.67. The molecular weight excluding hydrogens is 360 g/mol. The fourth-order valence-corrected chi connectivity index (χ4v) is 6.95. The van der Waals surface area contributed by atoms with Gasteiger partial charge >= 0.3 is 0 Å². The minimum absolute atomic E-state index is 0. The normalized spacial score (nSPS) is 33.6. The molecule has 0 aromatic heterocycles. The molecule has 2 unspecified atom stereocenters. The van der Waals surface area contributed by atoms with Crippen LogP contribution < -0.4 is 16.2 Å². The molecule has 2 atom stereocenters. The molecule has 4 aliphatic carbocycles. The Morgan fingerprint density at radius 3 is 2.56 bits per heavy atom. The summed E-state index contributed by atoms with van der Waals surface area (Å²) >= 11 is 0. The van der Waals surface area contributed by atoms with E-state index in [0.717, 1.165) is 30.4 Å². The molecule has 0 radical (unpaired) electrons. The number of ether oxygens (including phenoxy) is 1. The van der Waals surface area contributed by atoms with Crippen molar-refractivity contribution in [1.29, 1.82) is 0 Å². The predicted molar refractivity (Wildman–Crippen MR) is 110 cm³/mol. The number of hydrogen-bond acceptors (Lipinski definition) is 3. The van der Waals surface area contributed by atoms with Crippen molar-refractivity contribution in [3.05, 3.63) is 29.3 Å². The maximum Gasteiger partial charge on any atom is 0.217 e. The predicted octanol–water partition coefficient (Wildman–Crippen LogP) is 3.86. The van der Waals surface area contributed by atoms with Gasteiger partial charge < -0.3 is 16.2 Å². The van der Waals surface area contributed by atoms with Gasteiger partial charge in [-0.05, 0) is 98.3 Å². The van der Waals surface area contributed by atoms with Gasteiger partial charge in [0.2, 0.25) is 5.91 Å². The van der Waals surface area contributed by atoms with Crippen molar-refractivity contribution in [2.75, 3.05) is 13.2 Å². The molecule has 150 valence electrons. The molecule has 0 spiro atoms. The molecule has 4 N–H and O–H groups in total. The molecule has 5 heteroatoms. The van der Waals surface area contributed by atoms with Crippen LogP contribution in [-0.2, 0) is 10.2 Å². The Labute approximate surface area is 168 Å². The Balaban J connectivity index is 0.00000210. The van der Waals surface area contributed by atoms with E-state index in [9.17, 15) is 4.79 Å². The van der Waals surface area contributed by atoms with Gasteiger partial charge in [-0.2, -0.15) is 0 Å². The van der Waals surface area contributed by atoms with Crippen LogP contribution in [0.3, 0.4) is 0 Å². The summed E-state index contributed by atoms with van der Waals surface area (Å²) in [6.45, 7) is 3.53. The minimum atomic E-state index is -0.127. The van der Waals surface area contributed by atoms with Gasteiger partial charge in [-0.3, -0.25) is 4.79 Å². The smallest absolute Gasteiger partial charge is 0.217 e. The van der Waals surface area contributed by atoms with Gasteiger partial charge in [-0.15, -0.1) is 12.4 Å². The zero-order chi connectivity index (χ0) is 18.4. The summed E-state index contributed by atoms with van der Waals surface area (Å²) in [6.07, 6.45) is 8.80. The van der Waals surface area contributed by atoms with Gasteiger partial charge in [0.05, 0.1) is 6.61 Å². The quantitative estimate of drug-likeness (QED) is 0.691. The summed E-state index contributed by atoms with van der Waals surface area (Å²) in [7, 11) is 0. The maximum atomic E-state index is 11.8. The average molecular weight is 393 g/mol. The van der Waals surface area contributed by atoms with Crippen molar-refractivity contribution >= 4 is 18.3 Å². The second-order valence-electron chi connectivity index (χ2n) is 9.30. The van der Waals surface area contributed by atoms with Gasteiger partial charge in [-0.25, -0.2) is 0 Å². The van der Waals surface area contributed by atoms with Gasteiger partial charge in [0.15, 0.2) is 0 Å². The maximum absolute atomic E-state index is 11.8. The molecule has 1 aromatic carbocycles. The number of nitrogens with two attached hydrogens (primary N) is 2. The Morgan fingerprint density at radius 1 is 1.22 bits per heavy atom. The molecule has 0 saturated heterocycles. The molecule has 27 heavy (non-hydrogen) atoms. The first-order chi connectivity index (χ1) is 12.5. The van der Waals surface area contributed by atoms with Crippen molar-refractivity contribution in [2.45, 2.75) is 63.7 Å². The van der Waals surface area contributed by atoms with Crippen LogP contribution in [0.1, 0.15) is 62.5 Å². The standard InChI is InChI=1S/C22H32N2O2.ClH/c1-15-18(4-2-5-19(15)26-7-3-6-23)22-11-16-8-17(12-22)10-21(9-16,14-22)13-20(24)25;/h2,4-5,16-17H,3,6-14,23H2,1H3,(H2,24,25);1H. The monoisotopic (exact) mass is 392 g/mol. The highest BCUT2D eigenvalue weighted by molar-refractivity contribution is 5.85. The van der Waals surface area contributed by atoms with Gasteiger partial charge in [-0.1, -0.05) is 12.1 Å². The van der Waals surface area contributed by atoms with Crippen LogP contribution in [0, 0.1) is 24.2 Å². The zero-order valence-corrected chi connectivity index (χ0v) is 17.2. The number of benzene rings is 1. The lowest BCUT2D eigenvalue weighted by atomic mass is 9.42. The van der Waals surface area contributed by atoms with Gasteiger partial charge in [0.25, 0.3) is 0 Å². The summed E-state index contributed by atoms with van der Waals surface area (Å²) in [5.74, 6) is 2.36. The molecule has 4 aliphatic rings. The Morgan fingerprint density at radius 2 is 1.93 bits per heavy atom. The van der Waals surface area contributed by atoms with E-state index in [-0.39, 0.29) is 29.1 Å². The highest BCUT2D eigenvalue weighted by Gasteiger charge is 2.58. The number of amides is 1. The van der Waals surface area contributed by atoms with Crippen LogP contribution in [0.5, 0.6) is 5.75 Å². The molecular formula is C22H33ClN2O2. The van der Waals surface area contributed by atoms with Crippen molar-refractivity contribution in [3.63, 3.8) is 0 Å². The number of halogens is 1. The van der Waals surface area contributed by atoms with Crippen LogP contribution in [0.2, 0.25) is 0 Å². The Hall–Kier alpha value is -1.26. The summed E-state index contributed by atoms with van der Waals surface area (Å²) < 4.78 is 6.02. The van der Waals surface area contributed by atoms with Crippen molar-refractivity contribution in [2.24, 2.45) is 28.7 Å². The van der Waals surface area contributed by atoms with E-state index in [2.05, 4.69) is 25.1 Å². The third-order valence-corrected chi connectivity index (χ3v) is 7.19. The molecule has 1 aromatic rings. The highest BCUT2D eigenvalue weighted by atomic mass is 35.5. The van der Waals surface area contributed by atoms with Crippen LogP contribution in [0.15, 0.2) is 18.2 Å². The lowest BCUT2D eigenvalue weighted by Gasteiger charge is -2.62. The average Bonchev–Trinajstić information content (AvgIpc) is 2.54. The van der Waals surface area contributed by atoms with Crippen molar-refractivity contribution in [3.8, 4) is 5.75 Å². The lowest BCUT2D eigenvalue weighted by Crippen LogP contribution is -2.55. The molecule has 4 saturated carbocycles. The Bertz CT molecular complexity index is 692. The number of primary amides is 1. The van der Waals surface area contributed by atoms with Crippen LogP contribution in [0.25, 0.3) is 0 Å². The Kier molecular flexibility index (Phi) is 5.79. The van der Waals surface area contributed by atoms with Crippen LogP contribution in [-0.4, -0.2) is 19.1 Å². The van der Waals surface area contributed by atoms with Crippen LogP contribution >= 0.6 is 12.4 Å². The summed E-state index contributed by atoms with van der Waals surface area (Å²) in [6, 6.07) is 6.52. The number of carbonyl (C=O) groups excluding carboxylic acids is 1. The fourth-order valence-electron chi connectivity index (χ4n) is 6.95. The molecule has 0 aliphatic heterocycles. The van der Waals surface area contributed by atoms with Crippen LogP contribution in [0.4, 0.5) is 0 Å². The summed E-state index contributed by atoms with van der Waals surface area (Å²) in [5.41, 5.74) is 14.3. The van der Waals surface area contributed by atoms with Crippen molar-refractivity contribution < 1.29 is 9.53 Å². The molecule has 4 fully saturated rings. The third-order valence-electron chi connectivity index (χ3n) is 7.19. The number of rotatable bonds is 7. The van der Waals surface area contributed by atoms with Crippen molar-refractivity contribution in [1.82, 2.24) is 0 Å². The molecule has 5 rings (SSSR count). The number of carbonyl (C=O) groups is 1. The molecule has 1 amide bonds. The molecule has 4 bridgehead atoms. The molecule has 0 heterocycles. The lowest BCUT2D eigenvalue weighted by molar-refractivity contribution is -0.128. The SMILES string of the molecule is Cc1c(OCCCN)cccc1C12CC3CC(CC(CC(N)=O)(C3)C1)C2.Cl. The minimum Gasteiger partial charge on any atom is -0.493 e. The van der Waals surface area contributed by atoms with E-state index in [1.165, 1.54) is 43.2 Å². The first kappa shape index (κ1) is 20.5. The number of hydrogen-bond donors (Lipinski definition) is 2. The van der Waals surface area contributed by atoms with E-state index in [0.29, 0.717) is 19.6 Å². The van der Waals surface area contributed by atoms with E-state index in [1.807, 2.05) is 0 Å². The largest absolute Gasteiger partial charge is 0.493 e.